The molecule has 1 aliphatic heterocycles. The standard InChI is InChI=1S/C12H16OS2/c1-9-4-5-11(13-2)10(8-9)12-14-6-3-7-15-12/h4-5,8,12H,3,6-7H2,1-2H3. The minimum atomic E-state index is 0.564. The number of aryl methyl sites for hydroxylation is 1. The van der Waals surface area contributed by atoms with Gasteiger partial charge in [-0.1, -0.05) is 17.7 Å². The summed E-state index contributed by atoms with van der Waals surface area (Å²) in [5.41, 5.74) is 2.67. The number of hydrogen-bond acceptors (Lipinski definition) is 3. The van der Waals surface area contributed by atoms with Gasteiger partial charge in [-0.2, -0.15) is 0 Å². The predicted molar refractivity (Wildman–Crippen MR) is 70.0 cm³/mol. The van der Waals surface area contributed by atoms with Crippen LogP contribution in [0.15, 0.2) is 18.2 Å². The first-order valence-electron chi connectivity index (χ1n) is 5.19. The third-order valence-corrected chi connectivity index (χ3v) is 5.44. The molecule has 1 heterocycles. The Labute approximate surface area is 100.0 Å². The van der Waals surface area contributed by atoms with E-state index in [-0.39, 0.29) is 0 Å². The zero-order chi connectivity index (χ0) is 10.7. The molecule has 0 atom stereocenters. The molecule has 0 saturated carbocycles. The van der Waals surface area contributed by atoms with Crippen molar-refractivity contribution in [1.29, 1.82) is 0 Å². The van der Waals surface area contributed by atoms with Gasteiger partial charge >= 0.3 is 0 Å². The summed E-state index contributed by atoms with van der Waals surface area (Å²) in [4.78, 5) is 0. The van der Waals surface area contributed by atoms with Crippen LogP contribution in [0.25, 0.3) is 0 Å². The van der Waals surface area contributed by atoms with Gasteiger partial charge in [-0.25, -0.2) is 0 Å². The Hall–Kier alpha value is -0.280. The first kappa shape index (κ1) is 11.2. The van der Waals surface area contributed by atoms with Crippen LogP contribution in [0.4, 0.5) is 0 Å². The smallest absolute Gasteiger partial charge is 0.124 e. The van der Waals surface area contributed by atoms with E-state index >= 15 is 0 Å². The molecule has 2 rings (SSSR count). The second kappa shape index (κ2) is 5.17. The van der Waals surface area contributed by atoms with Crippen molar-refractivity contribution in [2.45, 2.75) is 17.9 Å². The molecule has 1 aliphatic rings. The number of methoxy groups -OCH3 is 1. The lowest BCUT2D eigenvalue weighted by Gasteiger charge is -2.23. The van der Waals surface area contributed by atoms with Crippen molar-refractivity contribution in [3.63, 3.8) is 0 Å². The van der Waals surface area contributed by atoms with E-state index in [0.717, 1.165) is 5.75 Å². The molecule has 0 aliphatic carbocycles. The van der Waals surface area contributed by atoms with Gasteiger partial charge in [0.1, 0.15) is 5.75 Å². The molecule has 0 radical (unpaired) electrons. The fraction of sp³-hybridized carbons (Fsp3) is 0.500. The van der Waals surface area contributed by atoms with Crippen molar-refractivity contribution in [1.82, 2.24) is 0 Å². The van der Waals surface area contributed by atoms with Gasteiger partial charge in [-0.3, -0.25) is 0 Å². The highest BCUT2D eigenvalue weighted by molar-refractivity contribution is 8.16. The number of ether oxygens (including phenoxy) is 1. The van der Waals surface area contributed by atoms with E-state index in [4.69, 9.17) is 4.74 Å². The van der Waals surface area contributed by atoms with E-state index in [1.165, 1.54) is 29.1 Å². The van der Waals surface area contributed by atoms with Gasteiger partial charge in [-0.05, 0) is 30.9 Å². The summed E-state index contributed by atoms with van der Waals surface area (Å²) in [6.45, 7) is 2.14. The Morgan fingerprint density at radius 2 is 2.00 bits per heavy atom. The molecule has 0 unspecified atom stereocenters. The summed E-state index contributed by atoms with van der Waals surface area (Å²) in [7, 11) is 1.76. The molecule has 1 nitrogen and oxygen atoms in total. The molecular formula is C12H16OS2. The van der Waals surface area contributed by atoms with Crippen molar-refractivity contribution in [2.24, 2.45) is 0 Å². The van der Waals surface area contributed by atoms with Crippen molar-refractivity contribution < 1.29 is 4.74 Å². The largest absolute Gasteiger partial charge is 0.496 e. The molecule has 15 heavy (non-hydrogen) atoms. The van der Waals surface area contributed by atoms with Crippen molar-refractivity contribution in [2.75, 3.05) is 18.6 Å². The molecule has 1 saturated heterocycles. The third kappa shape index (κ3) is 2.64. The lowest BCUT2D eigenvalue weighted by molar-refractivity contribution is 0.411. The van der Waals surface area contributed by atoms with Crippen LogP contribution in [0.5, 0.6) is 5.75 Å². The Morgan fingerprint density at radius 1 is 1.27 bits per heavy atom. The SMILES string of the molecule is COc1ccc(C)cc1C1SCCCS1. The molecule has 0 bridgehead atoms. The van der Waals surface area contributed by atoms with Crippen LogP contribution in [-0.4, -0.2) is 18.6 Å². The highest BCUT2D eigenvalue weighted by Gasteiger charge is 2.20. The van der Waals surface area contributed by atoms with Gasteiger partial charge in [-0.15, -0.1) is 23.5 Å². The summed E-state index contributed by atoms with van der Waals surface area (Å²) in [5, 5.41) is 0. The van der Waals surface area contributed by atoms with E-state index in [1.54, 1.807) is 7.11 Å². The second-order valence-electron chi connectivity index (χ2n) is 3.67. The Morgan fingerprint density at radius 3 is 2.67 bits per heavy atom. The van der Waals surface area contributed by atoms with Gasteiger partial charge in [0.05, 0.1) is 11.7 Å². The Kier molecular flexibility index (Phi) is 3.87. The number of benzene rings is 1. The van der Waals surface area contributed by atoms with Crippen LogP contribution in [0, 0.1) is 6.92 Å². The minimum Gasteiger partial charge on any atom is -0.496 e. The summed E-state index contributed by atoms with van der Waals surface area (Å²) in [6.07, 6.45) is 1.33. The summed E-state index contributed by atoms with van der Waals surface area (Å²) in [5.74, 6) is 3.58. The lowest BCUT2D eigenvalue weighted by atomic mass is 10.1. The molecule has 3 heteroatoms. The topological polar surface area (TPSA) is 9.23 Å². The summed E-state index contributed by atoms with van der Waals surface area (Å²) in [6, 6.07) is 6.45. The van der Waals surface area contributed by atoms with Gasteiger partial charge in [0.2, 0.25) is 0 Å². The van der Waals surface area contributed by atoms with Gasteiger partial charge in [0.15, 0.2) is 0 Å². The molecule has 82 valence electrons. The van der Waals surface area contributed by atoms with Crippen molar-refractivity contribution in [3.8, 4) is 5.75 Å². The molecule has 0 spiro atoms. The monoisotopic (exact) mass is 240 g/mol. The van der Waals surface area contributed by atoms with E-state index in [1.807, 2.05) is 23.5 Å². The van der Waals surface area contributed by atoms with Crippen LogP contribution in [0.2, 0.25) is 0 Å². The molecule has 0 N–H and O–H groups in total. The maximum absolute atomic E-state index is 5.43. The van der Waals surface area contributed by atoms with Gasteiger partial charge in [0, 0.05) is 5.56 Å². The average molecular weight is 240 g/mol. The average Bonchev–Trinajstić information content (AvgIpc) is 2.30. The summed E-state index contributed by atoms with van der Waals surface area (Å²) >= 11 is 4.07. The predicted octanol–water partition coefficient (Wildman–Crippen LogP) is 3.87. The number of rotatable bonds is 2. The lowest BCUT2D eigenvalue weighted by Crippen LogP contribution is -2.02. The van der Waals surface area contributed by atoms with Crippen LogP contribution in [0.1, 0.15) is 22.1 Å². The molecule has 1 aromatic rings. The van der Waals surface area contributed by atoms with Crippen LogP contribution < -0.4 is 4.74 Å². The molecule has 0 amide bonds. The van der Waals surface area contributed by atoms with Crippen LogP contribution in [0.3, 0.4) is 0 Å². The van der Waals surface area contributed by atoms with Gasteiger partial charge < -0.3 is 4.74 Å². The fourth-order valence-electron chi connectivity index (χ4n) is 1.71. The van der Waals surface area contributed by atoms with Crippen LogP contribution >= 0.6 is 23.5 Å². The minimum absolute atomic E-state index is 0.564. The number of thioether (sulfide) groups is 2. The Balaban J connectivity index is 2.27. The molecule has 1 aromatic carbocycles. The van der Waals surface area contributed by atoms with Crippen molar-refractivity contribution in [3.05, 3.63) is 29.3 Å². The summed E-state index contributed by atoms with van der Waals surface area (Å²) < 4.78 is 5.99. The third-order valence-electron chi connectivity index (χ3n) is 2.47. The zero-order valence-corrected chi connectivity index (χ0v) is 10.8. The Bertz CT molecular complexity index is 332. The van der Waals surface area contributed by atoms with E-state index in [9.17, 15) is 0 Å². The molecule has 1 fully saturated rings. The van der Waals surface area contributed by atoms with Gasteiger partial charge in [0.25, 0.3) is 0 Å². The second-order valence-corrected chi connectivity index (χ2v) is 6.40. The highest BCUT2D eigenvalue weighted by atomic mass is 32.2. The quantitative estimate of drug-likeness (QED) is 0.776. The van der Waals surface area contributed by atoms with E-state index < -0.39 is 0 Å². The molecular weight excluding hydrogens is 224 g/mol. The maximum atomic E-state index is 5.43. The highest BCUT2D eigenvalue weighted by Crippen LogP contribution is 2.46. The van der Waals surface area contributed by atoms with Crippen LogP contribution in [-0.2, 0) is 0 Å². The van der Waals surface area contributed by atoms with Crippen molar-refractivity contribution >= 4 is 23.5 Å². The number of hydrogen-bond donors (Lipinski definition) is 0. The first-order chi connectivity index (χ1) is 7.31. The van der Waals surface area contributed by atoms with E-state index in [2.05, 4.69) is 25.1 Å². The first-order valence-corrected chi connectivity index (χ1v) is 7.29. The van der Waals surface area contributed by atoms with E-state index in [0.29, 0.717) is 4.58 Å². The molecule has 0 aromatic heterocycles. The zero-order valence-electron chi connectivity index (χ0n) is 9.16. The maximum Gasteiger partial charge on any atom is 0.124 e. The fourth-order valence-corrected chi connectivity index (χ4v) is 4.63. The normalized spacial score (nSPS) is 17.7.